The number of carbonyl (C=O) groups excluding carboxylic acids is 1. The van der Waals surface area contributed by atoms with E-state index in [1.54, 1.807) is 13.3 Å². The number of aromatic nitrogens is 1. The highest BCUT2D eigenvalue weighted by molar-refractivity contribution is 6.33. The van der Waals surface area contributed by atoms with E-state index in [1.807, 2.05) is 36.4 Å². The Bertz CT molecular complexity index is 1320. The molecule has 2 fully saturated rings. The minimum Gasteiger partial charge on any atom is -0.497 e. The number of benzene rings is 2. The second kappa shape index (κ2) is 9.79. The van der Waals surface area contributed by atoms with Crippen molar-refractivity contribution in [1.29, 1.82) is 0 Å². The number of halogens is 1. The number of nitrogens with two attached hydrogens (primary N) is 1. The first-order chi connectivity index (χ1) is 18.0. The van der Waals surface area contributed by atoms with E-state index in [9.17, 15) is 4.79 Å². The van der Waals surface area contributed by atoms with Crippen molar-refractivity contribution in [3.05, 3.63) is 53.2 Å². The van der Waals surface area contributed by atoms with E-state index in [1.165, 1.54) is 0 Å². The van der Waals surface area contributed by atoms with Crippen LogP contribution in [-0.2, 0) is 4.74 Å². The average Bonchev–Trinajstić information content (AvgIpc) is 3.36. The number of ether oxygens (including phenoxy) is 5. The molecule has 3 aliphatic rings. The van der Waals surface area contributed by atoms with Crippen LogP contribution < -0.4 is 24.7 Å². The van der Waals surface area contributed by atoms with E-state index >= 15 is 0 Å². The number of fused-ring (bicyclic) bond motifs is 3. The highest BCUT2D eigenvalue weighted by atomic mass is 35.5. The number of hydrogen-bond acceptors (Lipinski definition) is 8. The van der Waals surface area contributed by atoms with Crippen molar-refractivity contribution in [3.63, 3.8) is 0 Å². The third kappa shape index (κ3) is 4.81. The number of carbonyl (C=O) groups is 1. The lowest BCUT2D eigenvalue weighted by atomic mass is 10.1. The summed E-state index contributed by atoms with van der Waals surface area (Å²) in [6, 6.07) is 11.3. The van der Waals surface area contributed by atoms with Crippen molar-refractivity contribution in [2.75, 3.05) is 46.6 Å². The van der Waals surface area contributed by atoms with Gasteiger partial charge in [-0.3, -0.25) is 9.88 Å². The van der Waals surface area contributed by atoms with Crippen molar-refractivity contribution in [3.8, 4) is 23.0 Å². The number of nitrogens with zero attached hydrogens (tertiary/aromatic N) is 2. The minimum absolute atomic E-state index is 0.450. The largest absolute Gasteiger partial charge is 0.497 e. The van der Waals surface area contributed by atoms with Gasteiger partial charge < -0.3 is 29.4 Å². The summed E-state index contributed by atoms with van der Waals surface area (Å²) < 4.78 is 28.4. The Labute approximate surface area is 219 Å². The van der Waals surface area contributed by atoms with Crippen molar-refractivity contribution >= 4 is 28.6 Å². The van der Waals surface area contributed by atoms with Crippen LogP contribution in [0.3, 0.4) is 0 Å². The molecule has 2 N–H and O–H groups in total. The SMILES string of the molecule is COc1ccc2ncc(Cl)c(OCC3[C@H]4CN(CC(OC(N)=O)c5ccc6c(c5)OCCO6)C[C@@H]34)c2c1. The molecule has 2 aliphatic heterocycles. The average molecular weight is 526 g/mol. The number of hydrogen-bond donors (Lipinski definition) is 1. The molecule has 1 aromatic heterocycles. The molecule has 2 aromatic carbocycles. The number of piperidine rings is 1. The van der Waals surface area contributed by atoms with Crippen LogP contribution in [0.15, 0.2) is 42.6 Å². The summed E-state index contributed by atoms with van der Waals surface area (Å²) in [4.78, 5) is 18.3. The molecule has 3 heterocycles. The summed E-state index contributed by atoms with van der Waals surface area (Å²) in [5.41, 5.74) is 7.03. The smallest absolute Gasteiger partial charge is 0.405 e. The minimum atomic E-state index is -0.798. The van der Waals surface area contributed by atoms with Crippen LogP contribution in [0.25, 0.3) is 10.9 Å². The zero-order valence-corrected chi connectivity index (χ0v) is 21.1. The van der Waals surface area contributed by atoms with E-state index in [0.29, 0.717) is 66.4 Å². The van der Waals surface area contributed by atoms with Crippen molar-refractivity contribution in [2.45, 2.75) is 6.10 Å². The first-order valence-corrected chi connectivity index (χ1v) is 12.7. The zero-order chi connectivity index (χ0) is 25.5. The number of pyridine rings is 1. The second-order valence-corrected chi connectivity index (χ2v) is 10.1. The Morgan fingerprint density at radius 3 is 2.70 bits per heavy atom. The van der Waals surface area contributed by atoms with E-state index < -0.39 is 12.2 Å². The molecule has 6 rings (SSSR count). The first kappa shape index (κ1) is 23.9. The quantitative estimate of drug-likeness (QED) is 0.469. The van der Waals surface area contributed by atoms with Crippen LogP contribution in [0.1, 0.15) is 11.7 Å². The lowest BCUT2D eigenvalue weighted by Gasteiger charge is -2.26. The second-order valence-electron chi connectivity index (χ2n) is 9.67. The molecule has 1 saturated carbocycles. The Kier molecular flexibility index (Phi) is 6.34. The Hall–Kier alpha value is -3.43. The van der Waals surface area contributed by atoms with Gasteiger partial charge >= 0.3 is 6.09 Å². The lowest BCUT2D eigenvalue weighted by Crippen LogP contribution is -2.33. The predicted octanol–water partition coefficient (Wildman–Crippen LogP) is 4.06. The van der Waals surface area contributed by atoms with Crippen molar-refractivity contribution < 1.29 is 28.5 Å². The van der Waals surface area contributed by atoms with Crippen LogP contribution in [0, 0.1) is 17.8 Å². The van der Waals surface area contributed by atoms with E-state index in [2.05, 4.69) is 9.88 Å². The van der Waals surface area contributed by atoms with E-state index in [4.69, 9.17) is 41.0 Å². The lowest BCUT2D eigenvalue weighted by molar-refractivity contribution is 0.0766. The molecule has 1 amide bonds. The molecule has 194 valence electrons. The molecule has 10 heteroatoms. The van der Waals surface area contributed by atoms with Gasteiger partial charge in [0.1, 0.15) is 35.8 Å². The topological polar surface area (TPSA) is 105 Å². The number of primary amides is 1. The summed E-state index contributed by atoms with van der Waals surface area (Å²) in [5.74, 6) is 4.21. The Morgan fingerprint density at radius 1 is 1.16 bits per heavy atom. The maximum Gasteiger partial charge on any atom is 0.405 e. The van der Waals surface area contributed by atoms with E-state index in [-0.39, 0.29) is 0 Å². The van der Waals surface area contributed by atoms with Crippen LogP contribution >= 0.6 is 11.6 Å². The third-order valence-corrected chi connectivity index (χ3v) is 7.74. The molecule has 2 unspecified atom stereocenters. The number of amides is 1. The Balaban J connectivity index is 1.08. The Morgan fingerprint density at radius 2 is 1.95 bits per heavy atom. The molecule has 0 bridgehead atoms. The molecular formula is C27H28ClN3O6. The van der Waals surface area contributed by atoms with Crippen molar-refractivity contribution in [1.82, 2.24) is 9.88 Å². The van der Waals surface area contributed by atoms with Gasteiger partial charge in [-0.25, -0.2) is 4.79 Å². The molecule has 0 radical (unpaired) electrons. The van der Waals surface area contributed by atoms with E-state index in [0.717, 1.165) is 35.3 Å². The fourth-order valence-corrected chi connectivity index (χ4v) is 5.76. The summed E-state index contributed by atoms with van der Waals surface area (Å²) >= 11 is 6.44. The predicted molar refractivity (Wildman–Crippen MR) is 137 cm³/mol. The van der Waals surface area contributed by atoms with Gasteiger partial charge in [0.25, 0.3) is 0 Å². The summed E-state index contributed by atoms with van der Waals surface area (Å²) in [6.07, 6.45) is 0.337. The van der Waals surface area contributed by atoms with Crippen molar-refractivity contribution in [2.24, 2.45) is 23.5 Å². The number of likely N-dealkylation sites (tertiary alicyclic amines) is 1. The highest BCUT2D eigenvalue weighted by Crippen LogP contribution is 2.52. The summed E-state index contributed by atoms with van der Waals surface area (Å²) in [5, 5.41) is 1.32. The monoisotopic (exact) mass is 525 g/mol. The van der Waals surface area contributed by atoms with Gasteiger partial charge in [-0.15, -0.1) is 0 Å². The van der Waals surface area contributed by atoms with Crippen LogP contribution in [-0.4, -0.2) is 62.5 Å². The highest BCUT2D eigenvalue weighted by Gasteiger charge is 2.56. The zero-order valence-electron chi connectivity index (χ0n) is 20.4. The van der Waals surface area contributed by atoms with Crippen LogP contribution in [0.5, 0.6) is 23.0 Å². The molecule has 1 saturated heterocycles. The van der Waals surface area contributed by atoms with Gasteiger partial charge in [0.2, 0.25) is 0 Å². The molecule has 0 spiro atoms. The third-order valence-electron chi connectivity index (χ3n) is 7.47. The molecule has 4 atom stereocenters. The van der Waals surface area contributed by atoms with Gasteiger partial charge in [-0.05, 0) is 47.7 Å². The summed E-state index contributed by atoms with van der Waals surface area (Å²) in [7, 11) is 1.63. The first-order valence-electron chi connectivity index (χ1n) is 12.3. The van der Waals surface area contributed by atoms with Gasteiger partial charge in [0.15, 0.2) is 11.5 Å². The molecule has 37 heavy (non-hydrogen) atoms. The van der Waals surface area contributed by atoms with Gasteiger partial charge in [-0.1, -0.05) is 17.7 Å². The van der Waals surface area contributed by atoms with Crippen LogP contribution in [0.4, 0.5) is 4.79 Å². The fraction of sp³-hybridized carbons (Fsp3) is 0.407. The molecule has 3 aromatic rings. The molecule has 1 aliphatic carbocycles. The maximum atomic E-state index is 11.6. The molecule has 9 nitrogen and oxygen atoms in total. The van der Waals surface area contributed by atoms with Gasteiger partial charge in [0.05, 0.1) is 19.2 Å². The van der Waals surface area contributed by atoms with Gasteiger partial charge in [0, 0.05) is 37.1 Å². The fourth-order valence-electron chi connectivity index (χ4n) is 5.56. The standard InChI is InChI=1S/C27H28ClN3O6/c1-33-16-3-4-22-17(9-16)26(21(28)10-30-22)36-14-20-18-11-31(12-19(18)20)13-25(37-27(29)32)15-2-5-23-24(8-15)35-7-6-34-23/h2-5,8-10,18-20,25H,6-7,11-14H2,1H3,(H2,29,32)/t18-,19+,20?,25?. The number of rotatable bonds is 8. The summed E-state index contributed by atoms with van der Waals surface area (Å²) in [6.45, 7) is 3.96. The van der Waals surface area contributed by atoms with Crippen LogP contribution in [0.2, 0.25) is 5.02 Å². The normalized spacial score (nSPS) is 22.8. The van der Waals surface area contributed by atoms with Gasteiger partial charge in [-0.2, -0.15) is 0 Å². The number of methoxy groups -OCH3 is 1. The maximum absolute atomic E-state index is 11.6. The molecular weight excluding hydrogens is 498 g/mol.